The van der Waals surface area contributed by atoms with E-state index in [9.17, 15) is 5.11 Å². The van der Waals surface area contributed by atoms with E-state index in [1.165, 1.54) is 0 Å². The molecular weight excluding hydrogens is 340 g/mol. The van der Waals surface area contributed by atoms with Crippen LogP contribution in [-0.2, 0) is 19.4 Å². The summed E-state index contributed by atoms with van der Waals surface area (Å²) in [4.78, 5) is 0. The van der Waals surface area contributed by atoms with Crippen molar-refractivity contribution in [2.24, 2.45) is 0 Å². The molecule has 5 heteroatoms. The Balaban J connectivity index is 2.24. The molecule has 1 atom stereocenters. The van der Waals surface area contributed by atoms with E-state index in [1.807, 2.05) is 16.8 Å². The fourth-order valence-corrected chi connectivity index (χ4v) is 2.83. The second-order valence-corrected chi connectivity index (χ2v) is 6.00. The lowest BCUT2D eigenvalue weighted by molar-refractivity contribution is 0.175. The third-order valence-corrected chi connectivity index (χ3v) is 4.13. The Hall–Kier alpha value is -0.840. The molecule has 20 heavy (non-hydrogen) atoms. The van der Waals surface area contributed by atoms with E-state index in [4.69, 9.17) is 11.6 Å². The third kappa shape index (κ3) is 3.43. The Morgan fingerprint density at radius 1 is 1.35 bits per heavy atom. The number of aliphatic hydroxyl groups excluding tert-OH is 1. The normalized spacial score (nSPS) is 12.7. The van der Waals surface area contributed by atoms with Crippen molar-refractivity contribution in [3.05, 3.63) is 50.7 Å². The van der Waals surface area contributed by atoms with Crippen molar-refractivity contribution >= 4 is 27.5 Å². The first-order valence-electron chi connectivity index (χ1n) is 6.73. The van der Waals surface area contributed by atoms with Crippen LogP contribution < -0.4 is 0 Å². The van der Waals surface area contributed by atoms with Crippen LogP contribution in [0.25, 0.3) is 0 Å². The van der Waals surface area contributed by atoms with Crippen molar-refractivity contribution in [1.29, 1.82) is 0 Å². The molecule has 1 aromatic carbocycles. The highest BCUT2D eigenvalue weighted by atomic mass is 79.9. The average molecular weight is 358 g/mol. The van der Waals surface area contributed by atoms with Gasteiger partial charge in [0.05, 0.1) is 11.8 Å². The van der Waals surface area contributed by atoms with Crippen molar-refractivity contribution in [1.82, 2.24) is 9.78 Å². The van der Waals surface area contributed by atoms with Gasteiger partial charge in [-0.3, -0.25) is 4.68 Å². The van der Waals surface area contributed by atoms with Gasteiger partial charge < -0.3 is 5.11 Å². The fourth-order valence-electron chi connectivity index (χ4n) is 2.20. The fraction of sp³-hybridized carbons (Fsp3) is 0.400. The number of aromatic nitrogens is 2. The van der Waals surface area contributed by atoms with Crippen LogP contribution in [0.5, 0.6) is 0 Å². The van der Waals surface area contributed by atoms with E-state index in [-0.39, 0.29) is 0 Å². The zero-order valence-electron chi connectivity index (χ0n) is 11.6. The van der Waals surface area contributed by atoms with E-state index < -0.39 is 6.10 Å². The van der Waals surface area contributed by atoms with Crippen LogP contribution in [0.4, 0.5) is 0 Å². The minimum absolute atomic E-state index is 0.511. The van der Waals surface area contributed by atoms with Crippen molar-refractivity contribution < 1.29 is 5.11 Å². The summed E-state index contributed by atoms with van der Waals surface area (Å²) in [7, 11) is 0. The van der Waals surface area contributed by atoms with Crippen molar-refractivity contribution in [2.75, 3.05) is 0 Å². The van der Waals surface area contributed by atoms with E-state index >= 15 is 0 Å². The largest absolute Gasteiger partial charge is 0.388 e. The Bertz CT molecular complexity index is 598. The summed E-state index contributed by atoms with van der Waals surface area (Å²) in [5.74, 6) is 0. The summed E-state index contributed by atoms with van der Waals surface area (Å²) in [5.41, 5.74) is 2.82. The second-order valence-electron chi connectivity index (χ2n) is 4.68. The quantitative estimate of drug-likeness (QED) is 0.872. The van der Waals surface area contributed by atoms with Gasteiger partial charge in [0.25, 0.3) is 0 Å². The van der Waals surface area contributed by atoms with Crippen LogP contribution in [0.1, 0.15) is 36.9 Å². The zero-order chi connectivity index (χ0) is 14.7. The molecule has 0 aliphatic rings. The number of hydrogen-bond acceptors (Lipinski definition) is 2. The molecule has 0 fully saturated rings. The number of nitrogens with zero attached hydrogens (tertiary/aromatic N) is 2. The maximum Gasteiger partial charge on any atom is 0.0860 e. The number of halogens is 2. The lowest BCUT2D eigenvalue weighted by Crippen LogP contribution is -2.09. The van der Waals surface area contributed by atoms with Crippen molar-refractivity contribution in [2.45, 2.75) is 39.3 Å². The van der Waals surface area contributed by atoms with Crippen molar-refractivity contribution in [3.8, 4) is 0 Å². The molecule has 0 spiro atoms. The van der Waals surface area contributed by atoms with E-state index in [1.54, 1.807) is 6.07 Å². The molecule has 3 nitrogen and oxygen atoms in total. The molecule has 1 aromatic heterocycles. The molecule has 108 valence electrons. The van der Waals surface area contributed by atoms with Crippen LogP contribution in [-0.4, -0.2) is 14.9 Å². The number of benzene rings is 1. The van der Waals surface area contributed by atoms with Gasteiger partial charge in [0.2, 0.25) is 0 Å². The number of aliphatic hydroxyl groups is 1. The molecular formula is C15H18BrClN2O. The van der Waals surface area contributed by atoms with Crippen molar-refractivity contribution in [3.63, 3.8) is 0 Å². The maximum atomic E-state index is 10.4. The molecule has 2 aromatic rings. The minimum atomic E-state index is -0.633. The Kier molecular flexibility index (Phi) is 5.24. The van der Waals surface area contributed by atoms with Crippen LogP contribution in [0.3, 0.4) is 0 Å². The molecule has 1 heterocycles. The summed E-state index contributed by atoms with van der Waals surface area (Å²) >= 11 is 9.57. The van der Waals surface area contributed by atoms with E-state index in [0.717, 1.165) is 34.4 Å². The molecule has 1 N–H and O–H groups in total. The van der Waals surface area contributed by atoms with Gasteiger partial charge in [0.1, 0.15) is 0 Å². The van der Waals surface area contributed by atoms with Gasteiger partial charge in [0, 0.05) is 33.7 Å². The SMILES string of the molecule is CCc1cc(CC(O)c2cc(Br)ccc2Cl)n(CC)n1. The predicted molar refractivity (Wildman–Crippen MR) is 85.1 cm³/mol. The van der Waals surface area contributed by atoms with E-state index in [2.05, 4.69) is 40.9 Å². The number of aryl methyl sites for hydroxylation is 2. The highest BCUT2D eigenvalue weighted by molar-refractivity contribution is 9.10. The molecule has 0 aliphatic carbocycles. The zero-order valence-corrected chi connectivity index (χ0v) is 13.9. The molecule has 0 radical (unpaired) electrons. The number of hydrogen-bond donors (Lipinski definition) is 1. The molecule has 2 rings (SSSR count). The van der Waals surface area contributed by atoms with Gasteiger partial charge in [-0.2, -0.15) is 5.10 Å². The summed E-state index contributed by atoms with van der Waals surface area (Å²) in [6.45, 7) is 4.93. The monoisotopic (exact) mass is 356 g/mol. The summed E-state index contributed by atoms with van der Waals surface area (Å²) in [5, 5.41) is 15.5. The average Bonchev–Trinajstić information content (AvgIpc) is 2.83. The maximum absolute atomic E-state index is 10.4. The molecule has 0 aliphatic heterocycles. The Morgan fingerprint density at radius 3 is 2.75 bits per heavy atom. The topological polar surface area (TPSA) is 38.0 Å². The lowest BCUT2D eigenvalue weighted by Gasteiger charge is -2.14. The molecule has 0 amide bonds. The van der Waals surface area contributed by atoms with Gasteiger partial charge in [-0.25, -0.2) is 0 Å². The smallest absolute Gasteiger partial charge is 0.0860 e. The molecule has 1 unspecified atom stereocenters. The van der Waals surface area contributed by atoms with Crippen LogP contribution in [0, 0.1) is 0 Å². The Labute approximate surface area is 132 Å². The first kappa shape index (κ1) is 15.5. The van der Waals surface area contributed by atoms with Gasteiger partial charge in [-0.05, 0) is 37.6 Å². The van der Waals surface area contributed by atoms with E-state index in [0.29, 0.717) is 11.4 Å². The van der Waals surface area contributed by atoms with Crippen LogP contribution >= 0.6 is 27.5 Å². The van der Waals surface area contributed by atoms with Gasteiger partial charge in [-0.1, -0.05) is 34.5 Å². The molecule has 0 saturated heterocycles. The first-order chi connectivity index (χ1) is 9.55. The summed E-state index contributed by atoms with van der Waals surface area (Å²) in [6, 6.07) is 7.57. The van der Waals surface area contributed by atoms with Crippen LogP contribution in [0.15, 0.2) is 28.7 Å². The van der Waals surface area contributed by atoms with Gasteiger partial charge in [0.15, 0.2) is 0 Å². The standard InChI is InChI=1S/C15H18BrClN2O/c1-3-11-8-12(19(4-2)18-11)9-15(20)13-7-10(16)5-6-14(13)17/h5-8,15,20H,3-4,9H2,1-2H3. The molecule has 0 saturated carbocycles. The molecule has 0 bridgehead atoms. The first-order valence-corrected chi connectivity index (χ1v) is 7.90. The second kappa shape index (κ2) is 6.74. The highest BCUT2D eigenvalue weighted by Crippen LogP contribution is 2.28. The Morgan fingerprint density at radius 2 is 2.10 bits per heavy atom. The summed E-state index contributed by atoms with van der Waals surface area (Å²) in [6.07, 6.45) is 0.775. The number of rotatable bonds is 5. The highest BCUT2D eigenvalue weighted by Gasteiger charge is 2.16. The predicted octanol–water partition coefficient (Wildman–Crippen LogP) is 4.16. The van der Waals surface area contributed by atoms with Gasteiger partial charge >= 0.3 is 0 Å². The lowest BCUT2D eigenvalue weighted by atomic mass is 10.0. The van der Waals surface area contributed by atoms with Crippen LogP contribution in [0.2, 0.25) is 5.02 Å². The third-order valence-electron chi connectivity index (χ3n) is 3.30. The summed E-state index contributed by atoms with van der Waals surface area (Å²) < 4.78 is 2.85. The van der Waals surface area contributed by atoms with Gasteiger partial charge in [-0.15, -0.1) is 0 Å². The minimum Gasteiger partial charge on any atom is -0.388 e.